The molecule has 3 heterocycles. The molecule has 0 unspecified atom stereocenters. The Hall–Kier alpha value is -5.90. The van der Waals surface area contributed by atoms with Crippen LogP contribution in [0.15, 0.2) is 66.9 Å². The van der Waals surface area contributed by atoms with Gasteiger partial charge in [0.2, 0.25) is 17.6 Å². The number of aromatic nitrogens is 5. The number of benzene rings is 2. The first-order valence-electron chi connectivity index (χ1n) is 18.8. The normalized spacial score (nSPS) is 17.8. The van der Waals surface area contributed by atoms with Crippen LogP contribution in [0.1, 0.15) is 52.0 Å². The monoisotopic (exact) mass is 768 g/mol. The Morgan fingerprint density at radius 1 is 0.964 bits per heavy atom. The summed E-state index contributed by atoms with van der Waals surface area (Å²) in [4.78, 5) is 59.2. The maximum atomic E-state index is 14.5. The van der Waals surface area contributed by atoms with E-state index in [-0.39, 0.29) is 30.6 Å². The zero-order valence-electron chi connectivity index (χ0n) is 32.4. The molecular weight excluding hydrogens is 717 g/mol. The maximum absolute atomic E-state index is 14.5. The summed E-state index contributed by atoms with van der Waals surface area (Å²) < 4.78 is 5.38. The molecule has 5 N–H and O–H groups in total. The van der Waals surface area contributed by atoms with Gasteiger partial charge in [-0.2, -0.15) is 5.21 Å². The minimum Gasteiger partial charge on any atom is -0.483 e. The van der Waals surface area contributed by atoms with Crippen LogP contribution in [0.2, 0.25) is 0 Å². The Labute approximate surface area is 326 Å². The van der Waals surface area contributed by atoms with Gasteiger partial charge in [0, 0.05) is 68.1 Å². The molecule has 3 amide bonds. The summed E-state index contributed by atoms with van der Waals surface area (Å²) >= 11 is 0. The number of primary amides is 1. The van der Waals surface area contributed by atoms with Crippen molar-refractivity contribution in [2.75, 3.05) is 49.6 Å². The second kappa shape index (κ2) is 19.1. The SMILES string of the molecule is CN1CCN(c2ccc(-c3ccc(C[C@@H](C(N)=O)N(C(=O)C4CCC(CNC(=O)OC(C)(C)C)CC4)c4ccc(-c5nn[nH]n5)cc4)cc3)cn2)CC1.O=CO. The molecule has 1 aliphatic heterocycles. The number of aromatic amines is 1. The lowest BCUT2D eigenvalue weighted by molar-refractivity contribution is -0.127. The highest BCUT2D eigenvalue weighted by atomic mass is 16.6. The number of tetrazole rings is 1. The van der Waals surface area contributed by atoms with Crippen LogP contribution in [-0.4, -0.2) is 111 Å². The lowest BCUT2D eigenvalue weighted by atomic mass is 9.81. The molecule has 1 aliphatic carbocycles. The standard InChI is InChI=1S/C39H50N10O4.CH2O2/c1-39(2,3)53-38(52)42-24-27-7-11-30(12-8-27)37(51)49(32-16-13-29(14-17-32)36-43-45-46-44-36)33(35(40)50)23-26-5-9-28(10-6-26)31-15-18-34(41-25-31)48-21-19-47(4)20-22-48;2-1-3/h5-6,9-10,13-18,25,27,30,33H,7-8,11-12,19-24H2,1-4H3,(H2,40,50)(H,42,52)(H,43,44,45,46);1H,(H,2,3)/t27?,30?,33-;/m0./s1. The minimum atomic E-state index is -0.930. The molecule has 2 aromatic carbocycles. The Morgan fingerprint density at radius 2 is 1.59 bits per heavy atom. The maximum Gasteiger partial charge on any atom is 0.407 e. The molecule has 16 nitrogen and oxygen atoms in total. The second-order valence-electron chi connectivity index (χ2n) is 15.2. The van der Waals surface area contributed by atoms with E-state index in [1.165, 1.54) is 0 Å². The molecule has 56 heavy (non-hydrogen) atoms. The van der Waals surface area contributed by atoms with E-state index in [4.69, 9.17) is 25.4 Å². The van der Waals surface area contributed by atoms with E-state index in [1.807, 2.05) is 51.2 Å². The topological polar surface area (TPSA) is 213 Å². The van der Waals surface area contributed by atoms with Crippen LogP contribution in [0.5, 0.6) is 0 Å². The average molecular weight is 769 g/mol. The number of hydrogen-bond acceptors (Lipinski definition) is 11. The molecule has 0 spiro atoms. The molecule has 2 fully saturated rings. The van der Waals surface area contributed by atoms with Crippen molar-refractivity contribution in [2.24, 2.45) is 17.6 Å². The first kappa shape index (κ1) is 41.3. The molecule has 0 radical (unpaired) electrons. The Kier molecular flexibility index (Phi) is 14.1. The van der Waals surface area contributed by atoms with Gasteiger partial charge in [-0.1, -0.05) is 24.3 Å². The predicted octanol–water partition coefficient (Wildman–Crippen LogP) is 4.14. The largest absolute Gasteiger partial charge is 0.483 e. The van der Waals surface area contributed by atoms with Crippen molar-refractivity contribution in [3.8, 4) is 22.5 Å². The highest BCUT2D eigenvalue weighted by molar-refractivity contribution is 6.01. The molecule has 16 heteroatoms. The van der Waals surface area contributed by atoms with Crippen molar-refractivity contribution in [3.05, 3.63) is 72.4 Å². The van der Waals surface area contributed by atoms with Gasteiger partial charge in [0.15, 0.2) is 0 Å². The summed E-state index contributed by atoms with van der Waals surface area (Å²) in [6.45, 7) is 9.65. The van der Waals surface area contributed by atoms with E-state index in [0.29, 0.717) is 36.5 Å². The fraction of sp³-hybridized carbons (Fsp3) is 0.450. The molecule has 1 saturated heterocycles. The first-order valence-corrected chi connectivity index (χ1v) is 18.8. The number of likely N-dealkylation sites (N-methyl/N-ethyl adjacent to an activating group) is 1. The number of nitrogens with zero attached hydrogens (tertiary/aromatic N) is 7. The summed E-state index contributed by atoms with van der Waals surface area (Å²) in [5.41, 5.74) is 9.67. The Bertz CT molecular complexity index is 1870. The van der Waals surface area contributed by atoms with Crippen LogP contribution in [-0.2, 0) is 25.5 Å². The number of ether oxygens (including phenoxy) is 1. The fourth-order valence-electron chi connectivity index (χ4n) is 7.02. The number of anilines is 2. The number of hydrogen-bond donors (Lipinski definition) is 4. The zero-order valence-corrected chi connectivity index (χ0v) is 32.4. The van der Waals surface area contributed by atoms with Gasteiger partial charge >= 0.3 is 6.09 Å². The van der Waals surface area contributed by atoms with Crippen LogP contribution in [0.4, 0.5) is 16.3 Å². The first-order chi connectivity index (χ1) is 26.8. The molecule has 6 rings (SSSR count). The average Bonchev–Trinajstić information content (AvgIpc) is 3.73. The number of H-pyrrole nitrogens is 1. The molecule has 0 bridgehead atoms. The van der Waals surface area contributed by atoms with Crippen LogP contribution in [0, 0.1) is 11.8 Å². The highest BCUT2D eigenvalue weighted by Gasteiger charge is 2.36. The number of pyridine rings is 1. The minimum absolute atomic E-state index is 0.150. The van der Waals surface area contributed by atoms with Crippen molar-refractivity contribution in [3.63, 3.8) is 0 Å². The molecular formula is C40H52N10O6. The number of piperazine rings is 1. The fourth-order valence-corrected chi connectivity index (χ4v) is 7.02. The van der Waals surface area contributed by atoms with E-state index in [0.717, 1.165) is 61.5 Å². The zero-order chi connectivity index (χ0) is 40.2. The van der Waals surface area contributed by atoms with Gasteiger partial charge < -0.3 is 30.7 Å². The van der Waals surface area contributed by atoms with E-state index in [2.05, 4.69) is 54.9 Å². The molecule has 4 aromatic rings. The molecule has 298 valence electrons. The lowest BCUT2D eigenvalue weighted by Gasteiger charge is -2.36. The van der Waals surface area contributed by atoms with Crippen LogP contribution in [0.25, 0.3) is 22.5 Å². The van der Waals surface area contributed by atoms with E-state index in [9.17, 15) is 14.4 Å². The summed E-state index contributed by atoms with van der Waals surface area (Å²) in [6.07, 6.45) is 4.45. The third kappa shape index (κ3) is 11.3. The number of rotatable bonds is 11. The summed E-state index contributed by atoms with van der Waals surface area (Å²) in [5.74, 6) is 0.562. The Morgan fingerprint density at radius 3 is 2.14 bits per heavy atom. The van der Waals surface area contributed by atoms with Crippen molar-refractivity contribution in [1.29, 1.82) is 0 Å². The van der Waals surface area contributed by atoms with Gasteiger partial charge in [0.05, 0.1) is 0 Å². The smallest absolute Gasteiger partial charge is 0.407 e. The number of carbonyl (C=O) groups excluding carboxylic acids is 3. The molecule has 2 aromatic heterocycles. The number of nitrogens with one attached hydrogen (secondary N) is 2. The van der Waals surface area contributed by atoms with Crippen molar-refractivity contribution < 1.29 is 29.0 Å². The number of carbonyl (C=O) groups is 4. The van der Waals surface area contributed by atoms with Gasteiger partial charge in [0.25, 0.3) is 6.47 Å². The number of nitrogens with two attached hydrogens (primary N) is 1. The molecule has 2 aliphatic rings. The number of carboxylic acid groups (broad SMARTS) is 1. The predicted molar refractivity (Wildman–Crippen MR) is 212 cm³/mol. The third-order valence-electron chi connectivity index (χ3n) is 10.0. The van der Waals surface area contributed by atoms with Crippen LogP contribution < -0.4 is 20.9 Å². The van der Waals surface area contributed by atoms with E-state index >= 15 is 0 Å². The number of alkyl carbamates (subject to hydrolysis) is 1. The van der Waals surface area contributed by atoms with Gasteiger partial charge in [-0.25, -0.2) is 9.78 Å². The number of amides is 3. The van der Waals surface area contributed by atoms with E-state index in [1.54, 1.807) is 29.2 Å². The third-order valence-corrected chi connectivity index (χ3v) is 10.0. The van der Waals surface area contributed by atoms with Gasteiger partial charge in [-0.15, -0.1) is 10.2 Å². The summed E-state index contributed by atoms with van der Waals surface area (Å²) in [7, 11) is 2.14. The summed E-state index contributed by atoms with van der Waals surface area (Å²) in [6, 6.07) is 18.4. The van der Waals surface area contributed by atoms with Crippen LogP contribution >= 0.6 is 0 Å². The van der Waals surface area contributed by atoms with Gasteiger partial charge in [-0.05, 0) is 112 Å². The van der Waals surface area contributed by atoms with Crippen LogP contribution in [0.3, 0.4) is 0 Å². The lowest BCUT2D eigenvalue weighted by Crippen LogP contribution is -2.52. The van der Waals surface area contributed by atoms with Crippen molar-refractivity contribution >= 4 is 35.9 Å². The Balaban J connectivity index is 0.00000194. The van der Waals surface area contributed by atoms with Gasteiger partial charge in [0.1, 0.15) is 17.5 Å². The molecule has 1 atom stereocenters. The second-order valence-corrected chi connectivity index (χ2v) is 15.2. The summed E-state index contributed by atoms with van der Waals surface area (Å²) in [5, 5.41) is 24.0. The quantitative estimate of drug-likeness (QED) is 0.159. The van der Waals surface area contributed by atoms with Gasteiger partial charge in [-0.3, -0.25) is 19.3 Å². The highest BCUT2D eigenvalue weighted by Crippen LogP contribution is 2.33. The molecule has 1 saturated carbocycles. The van der Waals surface area contributed by atoms with Crippen molar-refractivity contribution in [1.82, 2.24) is 35.8 Å². The van der Waals surface area contributed by atoms with E-state index < -0.39 is 23.6 Å². The van der Waals surface area contributed by atoms with Crippen molar-refractivity contribution in [2.45, 2.75) is 64.5 Å².